The predicted molar refractivity (Wildman–Crippen MR) is 77.5 cm³/mol. The fraction of sp³-hybridized carbons (Fsp3) is 0.625. The summed E-state index contributed by atoms with van der Waals surface area (Å²) in [6.45, 7) is 4.21. The van der Waals surface area contributed by atoms with E-state index in [1.807, 2.05) is 19.2 Å². The van der Waals surface area contributed by atoms with Crippen LogP contribution in [0.2, 0.25) is 0 Å². The van der Waals surface area contributed by atoms with Gasteiger partial charge < -0.3 is 19.5 Å². The number of para-hydroxylation sites is 1. The van der Waals surface area contributed by atoms with Gasteiger partial charge in [-0.25, -0.2) is 0 Å². The van der Waals surface area contributed by atoms with Gasteiger partial charge in [0.2, 0.25) is 0 Å². The summed E-state index contributed by atoms with van der Waals surface area (Å²) >= 11 is 0. The van der Waals surface area contributed by atoms with Crippen molar-refractivity contribution in [3.8, 4) is 11.5 Å². The molecule has 20 heavy (non-hydrogen) atoms. The maximum Gasteiger partial charge on any atom is 0.165 e. The summed E-state index contributed by atoms with van der Waals surface area (Å²) in [5, 5.41) is 3.25. The molecule has 2 aliphatic rings. The van der Waals surface area contributed by atoms with E-state index in [1.165, 1.54) is 5.56 Å². The van der Waals surface area contributed by atoms with Crippen LogP contribution in [0.5, 0.6) is 11.5 Å². The minimum atomic E-state index is -0.143. The molecular formula is C16H23NO3. The molecule has 0 radical (unpaired) electrons. The second kappa shape index (κ2) is 4.93. The van der Waals surface area contributed by atoms with Crippen molar-refractivity contribution >= 4 is 0 Å². The molecule has 0 bridgehead atoms. The van der Waals surface area contributed by atoms with Gasteiger partial charge in [0.25, 0.3) is 0 Å². The highest BCUT2D eigenvalue weighted by molar-refractivity contribution is 5.50. The number of hydrogen-bond donors (Lipinski definition) is 1. The highest BCUT2D eigenvalue weighted by Gasteiger charge is 2.43. The average Bonchev–Trinajstić information content (AvgIpc) is 2.69. The van der Waals surface area contributed by atoms with Crippen molar-refractivity contribution in [2.45, 2.75) is 50.5 Å². The number of hydrogen-bond acceptors (Lipinski definition) is 4. The lowest BCUT2D eigenvalue weighted by molar-refractivity contribution is -0.0879. The van der Waals surface area contributed by atoms with Crippen LogP contribution in [0, 0.1) is 0 Å². The van der Waals surface area contributed by atoms with Gasteiger partial charge in [-0.3, -0.25) is 0 Å². The molecule has 0 aromatic heterocycles. The molecule has 0 amide bonds. The Morgan fingerprint density at radius 3 is 2.85 bits per heavy atom. The molecule has 0 saturated heterocycles. The molecule has 1 aromatic carbocycles. The number of fused-ring (bicyclic) bond motifs is 1. The summed E-state index contributed by atoms with van der Waals surface area (Å²) in [5.74, 6) is 1.75. The lowest BCUT2D eigenvalue weighted by Gasteiger charge is -2.43. The first kappa shape index (κ1) is 13.7. The Morgan fingerprint density at radius 1 is 1.35 bits per heavy atom. The Balaban J connectivity index is 1.76. The van der Waals surface area contributed by atoms with E-state index in [0.29, 0.717) is 6.04 Å². The molecule has 3 atom stereocenters. The van der Waals surface area contributed by atoms with Crippen molar-refractivity contribution in [3.63, 3.8) is 0 Å². The van der Waals surface area contributed by atoms with Crippen LogP contribution < -0.4 is 14.8 Å². The largest absolute Gasteiger partial charge is 0.484 e. The summed E-state index contributed by atoms with van der Waals surface area (Å²) < 4.78 is 17.7. The van der Waals surface area contributed by atoms with Gasteiger partial charge in [-0.15, -0.1) is 0 Å². The molecule has 4 heteroatoms. The molecule has 0 spiro atoms. The molecule has 1 heterocycles. The fourth-order valence-electron chi connectivity index (χ4n) is 3.14. The Morgan fingerprint density at radius 2 is 2.15 bits per heavy atom. The minimum absolute atomic E-state index is 0.0938. The molecule has 1 aliphatic carbocycles. The quantitative estimate of drug-likeness (QED) is 0.915. The van der Waals surface area contributed by atoms with Crippen molar-refractivity contribution in [2.75, 3.05) is 14.2 Å². The van der Waals surface area contributed by atoms with Crippen LogP contribution in [-0.4, -0.2) is 38.0 Å². The monoisotopic (exact) mass is 277 g/mol. The van der Waals surface area contributed by atoms with Gasteiger partial charge in [0.05, 0.1) is 0 Å². The first-order chi connectivity index (χ1) is 9.54. The number of likely N-dealkylation sites (N-methyl/N-ethyl adjacent to an activating group) is 1. The van der Waals surface area contributed by atoms with E-state index in [9.17, 15) is 0 Å². The van der Waals surface area contributed by atoms with E-state index in [2.05, 4.69) is 25.2 Å². The third kappa shape index (κ3) is 2.27. The van der Waals surface area contributed by atoms with E-state index in [-0.39, 0.29) is 17.8 Å². The maximum atomic E-state index is 6.13. The minimum Gasteiger partial charge on any atom is -0.484 e. The van der Waals surface area contributed by atoms with Crippen LogP contribution in [0.25, 0.3) is 0 Å². The van der Waals surface area contributed by atoms with E-state index >= 15 is 0 Å². The van der Waals surface area contributed by atoms with Gasteiger partial charge >= 0.3 is 0 Å². The van der Waals surface area contributed by atoms with E-state index in [1.54, 1.807) is 7.11 Å². The van der Waals surface area contributed by atoms with E-state index in [0.717, 1.165) is 24.3 Å². The van der Waals surface area contributed by atoms with Gasteiger partial charge in [-0.1, -0.05) is 12.1 Å². The molecule has 1 aromatic rings. The summed E-state index contributed by atoms with van der Waals surface area (Å²) in [6.07, 6.45) is 2.08. The second-order valence-electron chi connectivity index (χ2n) is 6.27. The normalized spacial score (nSPS) is 30.3. The molecule has 1 N–H and O–H groups in total. The number of ether oxygens (including phenoxy) is 3. The van der Waals surface area contributed by atoms with Crippen molar-refractivity contribution in [2.24, 2.45) is 0 Å². The zero-order valence-electron chi connectivity index (χ0n) is 12.6. The summed E-state index contributed by atoms with van der Waals surface area (Å²) in [4.78, 5) is 0. The lowest BCUT2D eigenvalue weighted by atomic mass is 9.85. The van der Waals surface area contributed by atoms with E-state index in [4.69, 9.17) is 14.2 Å². The topological polar surface area (TPSA) is 39.7 Å². The summed E-state index contributed by atoms with van der Waals surface area (Å²) in [7, 11) is 3.69. The van der Waals surface area contributed by atoms with Crippen molar-refractivity contribution in [3.05, 3.63) is 23.8 Å². The Bertz CT molecular complexity index is 500. The first-order valence-electron chi connectivity index (χ1n) is 7.21. The predicted octanol–water partition coefficient (Wildman–Crippen LogP) is 2.15. The van der Waals surface area contributed by atoms with Gasteiger partial charge in [0.15, 0.2) is 11.5 Å². The van der Waals surface area contributed by atoms with Crippen LogP contribution in [0.4, 0.5) is 0 Å². The van der Waals surface area contributed by atoms with Crippen LogP contribution in [0.1, 0.15) is 25.8 Å². The fourth-order valence-corrected chi connectivity index (χ4v) is 3.14. The van der Waals surface area contributed by atoms with Crippen LogP contribution in [0.15, 0.2) is 18.2 Å². The Labute approximate surface area is 120 Å². The third-order valence-electron chi connectivity index (χ3n) is 4.23. The maximum absolute atomic E-state index is 6.13. The molecule has 1 aliphatic heterocycles. The molecular weight excluding hydrogens is 254 g/mol. The smallest absolute Gasteiger partial charge is 0.165 e. The summed E-state index contributed by atoms with van der Waals surface area (Å²) in [5.41, 5.74) is 1.08. The van der Waals surface area contributed by atoms with Crippen molar-refractivity contribution < 1.29 is 14.2 Å². The van der Waals surface area contributed by atoms with Gasteiger partial charge in [-0.05, 0) is 27.0 Å². The lowest BCUT2D eigenvalue weighted by Crippen LogP contribution is -2.60. The number of benzene rings is 1. The zero-order chi connectivity index (χ0) is 14.3. The third-order valence-corrected chi connectivity index (χ3v) is 4.23. The van der Waals surface area contributed by atoms with Gasteiger partial charge in [0.1, 0.15) is 17.8 Å². The Kier molecular flexibility index (Phi) is 3.38. The highest BCUT2D eigenvalue weighted by Crippen LogP contribution is 2.43. The average molecular weight is 277 g/mol. The molecule has 4 nitrogen and oxygen atoms in total. The van der Waals surface area contributed by atoms with E-state index < -0.39 is 0 Å². The second-order valence-corrected chi connectivity index (χ2v) is 6.27. The van der Waals surface area contributed by atoms with Gasteiger partial charge in [-0.2, -0.15) is 0 Å². The number of methoxy groups -OCH3 is 1. The Hall–Kier alpha value is -1.26. The van der Waals surface area contributed by atoms with Crippen LogP contribution >= 0.6 is 0 Å². The van der Waals surface area contributed by atoms with Crippen LogP contribution in [0.3, 0.4) is 0 Å². The zero-order valence-corrected chi connectivity index (χ0v) is 12.6. The standard InChI is InChI=1S/C16H23NO3/c1-16(2)9-10-6-5-7-12(14(10)20-16)19-13-8-11(17-3)15(13)18-4/h5-7,11,13,15,17H,8-9H2,1-4H3. The SMILES string of the molecule is CNC1CC(Oc2cccc3c2OC(C)(C)C3)C1OC. The first-order valence-corrected chi connectivity index (χ1v) is 7.21. The molecule has 1 fully saturated rings. The summed E-state index contributed by atoms with van der Waals surface area (Å²) in [6, 6.07) is 6.51. The van der Waals surface area contributed by atoms with Crippen LogP contribution in [-0.2, 0) is 11.2 Å². The van der Waals surface area contributed by atoms with Crippen molar-refractivity contribution in [1.82, 2.24) is 5.32 Å². The van der Waals surface area contributed by atoms with Crippen molar-refractivity contribution in [1.29, 1.82) is 0 Å². The molecule has 110 valence electrons. The molecule has 3 rings (SSSR count). The number of nitrogens with one attached hydrogen (secondary N) is 1. The number of rotatable bonds is 4. The molecule has 3 unspecified atom stereocenters. The van der Waals surface area contributed by atoms with Gasteiger partial charge in [0, 0.05) is 31.6 Å². The molecule has 1 saturated carbocycles. The highest BCUT2D eigenvalue weighted by atomic mass is 16.6.